The van der Waals surface area contributed by atoms with Crippen molar-refractivity contribution in [1.29, 1.82) is 0 Å². The van der Waals surface area contributed by atoms with Crippen LogP contribution in [0.15, 0.2) is 24.3 Å². The number of benzene rings is 1. The molecule has 3 aliphatic rings. The van der Waals surface area contributed by atoms with Crippen LogP contribution < -0.4 is 4.74 Å². The highest BCUT2D eigenvalue weighted by molar-refractivity contribution is 5.71. The molecule has 0 aromatic heterocycles. The molecule has 0 unspecified atom stereocenters. The van der Waals surface area contributed by atoms with Crippen molar-refractivity contribution in [3.05, 3.63) is 29.8 Å². The van der Waals surface area contributed by atoms with Crippen molar-refractivity contribution in [2.45, 2.75) is 43.9 Å². The third-order valence-corrected chi connectivity index (χ3v) is 5.88. The number of amides is 1. The minimum Gasteiger partial charge on any atom is -0.497 e. The lowest BCUT2D eigenvalue weighted by Crippen LogP contribution is -2.42. The number of carbonyl (C=O) groups is 1. The normalized spacial score (nSPS) is 26.8. The van der Waals surface area contributed by atoms with Gasteiger partial charge in [-0.05, 0) is 43.4 Å². The Morgan fingerprint density at radius 2 is 1.92 bits per heavy atom. The molecular formula is C20H28N2O4. The highest BCUT2D eigenvalue weighted by Crippen LogP contribution is 2.30. The van der Waals surface area contributed by atoms with Gasteiger partial charge in [0.2, 0.25) is 0 Å². The number of aryl methyl sites for hydroxylation is 1. The maximum absolute atomic E-state index is 12.2. The zero-order valence-corrected chi connectivity index (χ0v) is 15.4. The molecule has 3 aliphatic heterocycles. The lowest BCUT2D eigenvalue weighted by Gasteiger charge is -2.32. The quantitative estimate of drug-likeness (QED) is 0.779. The predicted molar refractivity (Wildman–Crippen MR) is 97.5 cm³/mol. The van der Waals surface area contributed by atoms with Crippen LogP contribution in [0, 0.1) is 0 Å². The summed E-state index contributed by atoms with van der Waals surface area (Å²) in [6.45, 7) is 4.26. The van der Waals surface area contributed by atoms with E-state index in [0.29, 0.717) is 6.04 Å². The zero-order chi connectivity index (χ0) is 17.9. The molecule has 142 valence electrons. The van der Waals surface area contributed by atoms with Gasteiger partial charge >= 0.3 is 6.09 Å². The van der Waals surface area contributed by atoms with E-state index in [4.69, 9.17) is 14.2 Å². The fourth-order valence-corrected chi connectivity index (χ4v) is 4.38. The number of methoxy groups -OCH3 is 1. The number of rotatable bonds is 6. The van der Waals surface area contributed by atoms with Gasteiger partial charge in [0.05, 0.1) is 13.2 Å². The van der Waals surface area contributed by atoms with Gasteiger partial charge in [0.25, 0.3) is 0 Å². The van der Waals surface area contributed by atoms with Gasteiger partial charge in [0, 0.05) is 38.9 Å². The van der Waals surface area contributed by atoms with Gasteiger partial charge in [-0.1, -0.05) is 12.1 Å². The molecular weight excluding hydrogens is 332 g/mol. The molecule has 6 heteroatoms. The fraction of sp³-hybridized carbons (Fsp3) is 0.650. The molecule has 0 saturated carbocycles. The average Bonchev–Trinajstić information content (AvgIpc) is 3.21. The van der Waals surface area contributed by atoms with Crippen LogP contribution in [0.3, 0.4) is 0 Å². The summed E-state index contributed by atoms with van der Waals surface area (Å²) >= 11 is 0. The smallest absolute Gasteiger partial charge is 0.410 e. The Morgan fingerprint density at radius 1 is 1.15 bits per heavy atom. The SMILES string of the molecule is COc1ccc(CCCN2C(=O)O[C@@H]3CN(C4CCOCC4)C[C@@H]32)cc1. The van der Waals surface area contributed by atoms with E-state index >= 15 is 0 Å². The summed E-state index contributed by atoms with van der Waals surface area (Å²) in [5.74, 6) is 0.874. The molecule has 4 rings (SSSR count). The summed E-state index contributed by atoms with van der Waals surface area (Å²) in [6, 6.07) is 8.94. The van der Waals surface area contributed by atoms with E-state index in [9.17, 15) is 4.79 Å². The van der Waals surface area contributed by atoms with Gasteiger partial charge in [-0.3, -0.25) is 4.90 Å². The highest BCUT2D eigenvalue weighted by atomic mass is 16.6. The minimum atomic E-state index is -0.138. The highest BCUT2D eigenvalue weighted by Gasteiger charge is 2.48. The van der Waals surface area contributed by atoms with Crippen LogP contribution in [0.5, 0.6) is 5.75 Å². The lowest BCUT2D eigenvalue weighted by molar-refractivity contribution is 0.0332. The number of ether oxygens (including phenoxy) is 3. The molecule has 1 aromatic carbocycles. The minimum absolute atomic E-state index is 0.0336. The van der Waals surface area contributed by atoms with Gasteiger partial charge in [-0.25, -0.2) is 4.79 Å². The standard InChI is InChI=1S/C20H28N2O4/c1-24-17-6-4-15(5-7-17)3-2-10-22-18-13-21(14-19(18)26-20(22)23)16-8-11-25-12-9-16/h4-7,16,18-19H,2-3,8-14H2,1H3/t18-,19+/m0/s1. The summed E-state index contributed by atoms with van der Waals surface area (Å²) in [6.07, 6.45) is 3.97. The van der Waals surface area contributed by atoms with Crippen molar-refractivity contribution in [3.8, 4) is 5.75 Å². The van der Waals surface area contributed by atoms with Crippen LogP contribution in [-0.2, 0) is 15.9 Å². The van der Waals surface area contributed by atoms with Crippen LogP contribution in [0.4, 0.5) is 4.79 Å². The molecule has 6 nitrogen and oxygen atoms in total. The van der Waals surface area contributed by atoms with E-state index in [1.807, 2.05) is 17.0 Å². The van der Waals surface area contributed by atoms with Gasteiger partial charge < -0.3 is 19.1 Å². The molecule has 0 spiro atoms. The largest absolute Gasteiger partial charge is 0.497 e. The first-order chi connectivity index (χ1) is 12.7. The van der Waals surface area contributed by atoms with Gasteiger partial charge in [-0.15, -0.1) is 0 Å². The summed E-state index contributed by atoms with van der Waals surface area (Å²) in [5, 5.41) is 0. The Hall–Kier alpha value is -1.79. The summed E-state index contributed by atoms with van der Waals surface area (Å²) in [4.78, 5) is 16.7. The first-order valence-electron chi connectivity index (χ1n) is 9.66. The van der Waals surface area contributed by atoms with E-state index in [1.165, 1.54) is 5.56 Å². The molecule has 3 saturated heterocycles. The maximum Gasteiger partial charge on any atom is 0.410 e. The average molecular weight is 360 g/mol. The van der Waals surface area contributed by atoms with Crippen molar-refractivity contribution >= 4 is 6.09 Å². The Bertz CT molecular complexity index is 615. The number of likely N-dealkylation sites (tertiary alicyclic amines) is 1. The van der Waals surface area contributed by atoms with E-state index in [0.717, 1.165) is 64.3 Å². The predicted octanol–water partition coefficient (Wildman–Crippen LogP) is 2.31. The van der Waals surface area contributed by atoms with Crippen molar-refractivity contribution in [2.24, 2.45) is 0 Å². The first-order valence-corrected chi connectivity index (χ1v) is 9.66. The molecule has 0 bridgehead atoms. The van der Waals surface area contributed by atoms with Crippen LogP contribution in [0.1, 0.15) is 24.8 Å². The second-order valence-electron chi connectivity index (χ2n) is 7.43. The number of fused-ring (bicyclic) bond motifs is 1. The monoisotopic (exact) mass is 360 g/mol. The molecule has 0 radical (unpaired) electrons. The van der Waals surface area contributed by atoms with Gasteiger partial charge in [0.1, 0.15) is 11.9 Å². The molecule has 1 aromatic rings. The number of carbonyl (C=O) groups excluding carboxylic acids is 1. The number of hydrogen-bond donors (Lipinski definition) is 0. The number of hydrogen-bond acceptors (Lipinski definition) is 5. The third-order valence-electron chi connectivity index (χ3n) is 5.88. The molecule has 0 aliphatic carbocycles. The van der Waals surface area contributed by atoms with Crippen LogP contribution in [0.2, 0.25) is 0 Å². The maximum atomic E-state index is 12.2. The molecule has 26 heavy (non-hydrogen) atoms. The number of nitrogens with zero attached hydrogens (tertiary/aromatic N) is 2. The Balaban J connectivity index is 1.29. The van der Waals surface area contributed by atoms with Crippen LogP contribution in [0.25, 0.3) is 0 Å². The van der Waals surface area contributed by atoms with Crippen molar-refractivity contribution in [1.82, 2.24) is 9.80 Å². The fourth-order valence-electron chi connectivity index (χ4n) is 4.38. The first kappa shape index (κ1) is 17.6. The second-order valence-corrected chi connectivity index (χ2v) is 7.43. The van der Waals surface area contributed by atoms with Crippen molar-refractivity contribution < 1.29 is 19.0 Å². The summed E-state index contributed by atoms with van der Waals surface area (Å²) < 4.78 is 16.3. The van der Waals surface area contributed by atoms with Crippen molar-refractivity contribution in [3.63, 3.8) is 0 Å². The Kier molecular flexibility index (Phi) is 5.31. The third kappa shape index (κ3) is 3.67. The molecule has 3 heterocycles. The molecule has 2 atom stereocenters. The summed E-state index contributed by atoms with van der Waals surface area (Å²) in [5.41, 5.74) is 1.27. The van der Waals surface area contributed by atoms with Crippen LogP contribution >= 0.6 is 0 Å². The van der Waals surface area contributed by atoms with E-state index in [1.54, 1.807) is 7.11 Å². The Labute approximate surface area is 155 Å². The lowest BCUT2D eigenvalue weighted by atomic mass is 10.1. The van der Waals surface area contributed by atoms with Gasteiger partial charge in [0.15, 0.2) is 0 Å². The van der Waals surface area contributed by atoms with E-state index in [-0.39, 0.29) is 18.2 Å². The Morgan fingerprint density at radius 3 is 2.65 bits per heavy atom. The van der Waals surface area contributed by atoms with Crippen LogP contribution in [-0.4, -0.2) is 74.0 Å². The summed E-state index contributed by atoms with van der Waals surface area (Å²) in [7, 11) is 1.68. The van der Waals surface area contributed by atoms with Crippen molar-refractivity contribution in [2.75, 3.05) is 40.0 Å². The molecule has 3 fully saturated rings. The van der Waals surface area contributed by atoms with Gasteiger partial charge in [-0.2, -0.15) is 0 Å². The zero-order valence-electron chi connectivity index (χ0n) is 15.4. The molecule has 1 amide bonds. The van der Waals surface area contributed by atoms with E-state index < -0.39 is 0 Å². The second kappa shape index (κ2) is 7.84. The molecule has 0 N–H and O–H groups in total. The van der Waals surface area contributed by atoms with E-state index in [2.05, 4.69) is 17.0 Å². The topological polar surface area (TPSA) is 51.2 Å².